The molecule has 0 aromatic heterocycles. The lowest BCUT2D eigenvalue weighted by Gasteiger charge is -2.12. The first kappa shape index (κ1) is 13.9. The highest BCUT2D eigenvalue weighted by atomic mass is 16.5. The minimum Gasteiger partial charge on any atom is -0.489 e. The van der Waals surface area contributed by atoms with Crippen LogP contribution in [0.25, 0.3) is 0 Å². The van der Waals surface area contributed by atoms with Crippen LogP contribution in [-0.2, 0) is 19.4 Å². The number of para-hydroxylation sites is 1. The fraction of sp³-hybridized carbons (Fsp3) is 0.167. The Balaban J connectivity index is 2.13. The molecule has 2 aromatic rings. The fourth-order valence-electron chi connectivity index (χ4n) is 2.08. The van der Waals surface area contributed by atoms with Gasteiger partial charge in [-0.25, -0.2) is 0 Å². The van der Waals surface area contributed by atoms with E-state index in [2.05, 4.69) is 12.6 Å². The molecular weight excluding hydrogens is 246 g/mol. The number of allylic oxidation sites excluding steroid dienone is 1. The standard InChI is InChI=1S/C18H17NO/c1-2-7-16-9-5-6-11-18(16)20-14-17-10-4-3-8-15(17)12-13-19/h2-6,8-11H,1,7,12,14H2. The van der Waals surface area contributed by atoms with E-state index in [1.165, 1.54) is 0 Å². The summed E-state index contributed by atoms with van der Waals surface area (Å²) in [5.41, 5.74) is 3.21. The number of rotatable bonds is 6. The number of benzene rings is 2. The van der Waals surface area contributed by atoms with Gasteiger partial charge in [0.05, 0.1) is 12.5 Å². The van der Waals surface area contributed by atoms with Gasteiger partial charge in [-0.2, -0.15) is 5.26 Å². The SMILES string of the molecule is C=CCc1ccccc1OCc1ccccc1CC#N. The van der Waals surface area contributed by atoms with E-state index in [9.17, 15) is 0 Å². The maximum absolute atomic E-state index is 8.84. The first-order valence-corrected chi connectivity index (χ1v) is 6.60. The number of ether oxygens (including phenoxy) is 1. The van der Waals surface area contributed by atoms with Crippen molar-refractivity contribution in [3.05, 3.63) is 77.9 Å². The molecule has 2 heteroatoms. The lowest BCUT2D eigenvalue weighted by Crippen LogP contribution is -2.01. The van der Waals surface area contributed by atoms with E-state index in [4.69, 9.17) is 10.00 Å². The summed E-state index contributed by atoms with van der Waals surface area (Å²) in [7, 11) is 0. The molecular formula is C18H17NO. The lowest BCUT2D eigenvalue weighted by molar-refractivity contribution is 0.302. The van der Waals surface area contributed by atoms with Crippen molar-refractivity contribution in [1.29, 1.82) is 5.26 Å². The first-order valence-electron chi connectivity index (χ1n) is 6.60. The molecule has 0 saturated carbocycles. The van der Waals surface area contributed by atoms with Crippen LogP contribution in [0, 0.1) is 11.3 Å². The average Bonchev–Trinajstić information content (AvgIpc) is 2.48. The average molecular weight is 263 g/mol. The van der Waals surface area contributed by atoms with Crippen LogP contribution < -0.4 is 4.74 Å². The fourth-order valence-corrected chi connectivity index (χ4v) is 2.08. The van der Waals surface area contributed by atoms with E-state index in [-0.39, 0.29) is 0 Å². The van der Waals surface area contributed by atoms with E-state index in [0.717, 1.165) is 28.9 Å². The van der Waals surface area contributed by atoms with Crippen molar-refractivity contribution in [3.63, 3.8) is 0 Å². The Morgan fingerprint density at radius 1 is 1.00 bits per heavy atom. The zero-order valence-electron chi connectivity index (χ0n) is 11.4. The monoisotopic (exact) mass is 263 g/mol. The van der Waals surface area contributed by atoms with Gasteiger partial charge in [0.1, 0.15) is 12.4 Å². The van der Waals surface area contributed by atoms with Crippen molar-refractivity contribution in [1.82, 2.24) is 0 Å². The van der Waals surface area contributed by atoms with Crippen molar-refractivity contribution >= 4 is 0 Å². The van der Waals surface area contributed by atoms with Crippen molar-refractivity contribution in [2.45, 2.75) is 19.4 Å². The molecule has 0 spiro atoms. The van der Waals surface area contributed by atoms with Crippen LogP contribution in [0.1, 0.15) is 16.7 Å². The summed E-state index contributed by atoms with van der Waals surface area (Å²) in [6, 6.07) is 18.0. The van der Waals surface area contributed by atoms with Crippen LogP contribution in [-0.4, -0.2) is 0 Å². The Morgan fingerprint density at radius 2 is 1.65 bits per heavy atom. The zero-order chi connectivity index (χ0) is 14.2. The summed E-state index contributed by atoms with van der Waals surface area (Å²) in [5, 5.41) is 8.84. The van der Waals surface area contributed by atoms with Gasteiger partial charge in [0.2, 0.25) is 0 Å². The third-order valence-electron chi connectivity index (χ3n) is 3.11. The quantitative estimate of drug-likeness (QED) is 0.736. The van der Waals surface area contributed by atoms with Crippen molar-refractivity contribution in [2.75, 3.05) is 0 Å². The van der Waals surface area contributed by atoms with Gasteiger partial charge >= 0.3 is 0 Å². The number of nitrogens with zero attached hydrogens (tertiary/aromatic N) is 1. The Kier molecular flexibility index (Phi) is 4.97. The van der Waals surface area contributed by atoms with Crippen molar-refractivity contribution in [2.24, 2.45) is 0 Å². The molecule has 0 unspecified atom stereocenters. The molecule has 0 radical (unpaired) electrons. The summed E-state index contributed by atoms with van der Waals surface area (Å²) in [5.74, 6) is 0.874. The van der Waals surface area contributed by atoms with Gasteiger partial charge in [-0.3, -0.25) is 0 Å². The predicted octanol–water partition coefficient (Wildman–Crippen LogP) is 4.06. The second kappa shape index (κ2) is 7.16. The number of hydrogen-bond donors (Lipinski definition) is 0. The molecule has 0 N–H and O–H groups in total. The summed E-state index contributed by atoms with van der Waals surface area (Å²) in [4.78, 5) is 0. The van der Waals surface area contributed by atoms with Gasteiger partial charge in [0.25, 0.3) is 0 Å². The highest BCUT2D eigenvalue weighted by Crippen LogP contribution is 2.21. The molecule has 20 heavy (non-hydrogen) atoms. The zero-order valence-corrected chi connectivity index (χ0v) is 11.4. The van der Waals surface area contributed by atoms with Crippen LogP contribution >= 0.6 is 0 Å². The molecule has 0 amide bonds. The normalized spacial score (nSPS) is 9.75. The number of hydrogen-bond acceptors (Lipinski definition) is 2. The molecule has 0 heterocycles. The molecule has 2 nitrogen and oxygen atoms in total. The largest absolute Gasteiger partial charge is 0.489 e. The van der Waals surface area contributed by atoms with Gasteiger partial charge in [0.15, 0.2) is 0 Å². The minimum atomic E-state index is 0.411. The molecule has 0 aliphatic rings. The highest BCUT2D eigenvalue weighted by molar-refractivity contribution is 5.35. The van der Waals surface area contributed by atoms with Crippen molar-refractivity contribution in [3.8, 4) is 11.8 Å². The van der Waals surface area contributed by atoms with Gasteiger partial charge in [-0.05, 0) is 29.2 Å². The van der Waals surface area contributed by atoms with E-state index in [1.54, 1.807) is 0 Å². The Bertz CT molecular complexity index is 625. The van der Waals surface area contributed by atoms with Crippen LogP contribution in [0.2, 0.25) is 0 Å². The summed E-state index contributed by atoms with van der Waals surface area (Å²) in [6.07, 6.45) is 3.07. The topological polar surface area (TPSA) is 33.0 Å². The first-order chi connectivity index (χ1) is 9.85. The maximum atomic E-state index is 8.84. The molecule has 2 rings (SSSR count). The summed E-state index contributed by atoms with van der Waals surface area (Å²) >= 11 is 0. The van der Waals surface area contributed by atoms with E-state index >= 15 is 0 Å². The third kappa shape index (κ3) is 3.49. The number of nitriles is 1. The van der Waals surface area contributed by atoms with Gasteiger partial charge in [-0.1, -0.05) is 48.5 Å². The van der Waals surface area contributed by atoms with E-state index < -0.39 is 0 Å². The Labute approximate surface area is 119 Å². The Hall–Kier alpha value is -2.53. The van der Waals surface area contributed by atoms with Crippen molar-refractivity contribution < 1.29 is 4.74 Å². The Morgan fingerprint density at radius 3 is 2.35 bits per heavy atom. The highest BCUT2D eigenvalue weighted by Gasteiger charge is 2.05. The second-order valence-electron chi connectivity index (χ2n) is 4.49. The van der Waals surface area contributed by atoms with Gasteiger partial charge < -0.3 is 4.74 Å². The van der Waals surface area contributed by atoms with Gasteiger partial charge in [-0.15, -0.1) is 6.58 Å². The predicted molar refractivity (Wildman–Crippen MR) is 80.4 cm³/mol. The minimum absolute atomic E-state index is 0.411. The molecule has 0 bridgehead atoms. The van der Waals surface area contributed by atoms with Crippen LogP contribution in [0.3, 0.4) is 0 Å². The van der Waals surface area contributed by atoms with Crippen LogP contribution in [0.15, 0.2) is 61.2 Å². The molecule has 0 saturated heterocycles. The van der Waals surface area contributed by atoms with Crippen LogP contribution in [0.4, 0.5) is 0 Å². The summed E-state index contributed by atoms with van der Waals surface area (Å²) in [6.45, 7) is 4.24. The molecule has 0 aliphatic heterocycles. The molecule has 0 aliphatic carbocycles. The van der Waals surface area contributed by atoms with E-state index in [1.807, 2.05) is 54.6 Å². The molecule has 0 fully saturated rings. The maximum Gasteiger partial charge on any atom is 0.123 e. The summed E-state index contributed by atoms with van der Waals surface area (Å²) < 4.78 is 5.91. The second-order valence-corrected chi connectivity index (χ2v) is 4.49. The van der Waals surface area contributed by atoms with Crippen LogP contribution in [0.5, 0.6) is 5.75 Å². The molecule has 0 atom stereocenters. The smallest absolute Gasteiger partial charge is 0.123 e. The van der Waals surface area contributed by atoms with E-state index in [0.29, 0.717) is 13.0 Å². The molecule has 100 valence electrons. The lowest BCUT2D eigenvalue weighted by atomic mass is 10.1. The molecule has 2 aromatic carbocycles. The van der Waals surface area contributed by atoms with Gasteiger partial charge in [0, 0.05) is 0 Å². The third-order valence-corrected chi connectivity index (χ3v) is 3.11.